The minimum absolute atomic E-state index is 0.0215. The van der Waals surface area contributed by atoms with Gasteiger partial charge in [-0.05, 0) is 17.9 Å². The monoisotopic (exact) mass is 302 g/mol. The lowest BCUT2D eigenvalue weighted by atomic mass is 10.2. The van der Waals surface area contributed by atoms with E-state index >= 15 is 0 Å². The second-order valence-electron chi connectivity index (χ2n) is 3.98. The van der Waals surface area contributed by atoms with Crippen molar-refractivity contribution in [1.29, 1.82) is 0 Å². The van der Waals surface area contributed by atoms with Gasteiger partial charge in [0.15, 0.2) is 6.04 Å². The molecule has 6 nitrogen and oxygen atoms in total. The standard InChI is InChI=1S/C12H15FN2O4S/c13-6-9(12(18)19)15-10(16)2-1-4-14-11(17)8-3-5-20-7-8/h3,5,7,9H,1-2,4,6H2,(H,14,17)(H,15,16)(H,18,19). The van der Waals surface area contributed by atoms with E-state index in [1.807, 2.05) is 0 Å². The fraction of sp³-hybridized carbons (Fsp3) is 0.417. The van der Waals surface area contributed by atoms with E-state index in [9.17, 15) is 18.8 Å². The lowest BCUT2D eigenvalue weighted by molar-refractivity contribution is -0.142. The number of thiophene rings is 1. The van der Waals surface area contributed by atoms with Gasteiger partial charge in [0, 0.05) is 23.9 Å². The van der Waals surface area contributed by atoms with Crippen LogP contribution in [0.4, 0.5) is 4.39 Å². The first-order chi connectivity index (χ1) is 9.54. The fourth-order valence-corrected chi connectivity index (χ4v) is 2.02. The highest BCUT2D eigenvalue weighted by Crippen LogP contribution is 2.05. The third-order valence-corrected chi connectivity index (χ3v) is 3.12. The third kappa shape index (κ3) is 5.35. The average Bonchev–Trinajstić information content (AvgIpc) is 2.94. The van der Waals surface area contributed by atoms with E-state index in [-0.39, 0.29) is 18.9 Å². The molecule has 0 spiro atoms. The largest absolute Gasteiger partial charge is 0.480 e. The molecule has 110 valence electrons. The van der Waals surface area contributed by atoms with Gasteiger partial charge < -0.3 is 15.7 Å². The zero-order valence-electron chi connectivity index (χ0n) is 10.6. The maximum absolute atomic E-state index is 12.3. The summed E-state index contributed by atoms with van der Waals surface area (Å²) in [5.74, 6) is -2.19. The van der Waals surface area contributed by atoms with Crippen LogP contribution in [0.25, 0.3) is 0 Å². The van der Waals surface area contributed by atoms with Crippen molar-refractivity contribution in [1.82, 2.24) is 10.6 Å². The van der Waals surface area contributed by atoms with Crippen LogP contribution >= 0.6 is 11.3 Å². The Bertz CT molecular complexity index is 464. The summed E-state index contributed by atoms with van der Waals surface area (Å²) < 4.78 is 12.3. The molecule has 1 aromatic heterocycles. The molecule has 0 saturated carbocycles. The Hall–Kier alpha value is -1.96. The number of alkyl halides is 1. The van der Waals surface area contributed by atoms with E-state index in [4.69, 9.17) is 5.11 Å². The summed E-state index contributed by atoms with van der Waals surface area (Å²) in [6.45, 7) is -0.870. The molecule has 1 aromatic rings. The highest BCUT2D eigenvalue weighted by Gasteiger charge is 2.19. The van der Waals surface area contributed by atoms with Gasteiger partial charge in [-0.1, -0.05) is 0 Å². The average molecular weight is 302 g/mol. The molecule has 0 bridgehead atoms. The number of carboxylic acid groups (broad SMARTS) is 1. The molecule has 8 heteroatoms. The predicted octanol–water partition coefficient (Wildman–Crippen LogP) is 0.797. The van der Waals surface area contributed by atoms with E-state index in [2.05, 4.69) is 10.6 Å². The summed E-state index contributed by atoms with van der Waals surface area (Å²) in [6.07, 6.45) is 0.369. The van der Waals surface area contributed by atoms with Crippen LogP contribution in [0.15, 0.2) is 16.8 Å². The summed E-state index contributed by atoms with van der Waals surface area (Å²) in [5, 5.41) is 16.7. The molecule has 3 N–H and O–H groups in total. The van der Waals surface area contributed by atoms with Gasteiger partial charge in [0.05, 0.1) is 0 Å². The first-order valence-corrected chi connectivity index (χ1v) is 6.87. The number of hydrogen-bond acceptors (Lipinski definition) is 4. The number of aliphatic carboxylic acids is 1. The molecule has 1 unspecified atom stereocenters. The molecule has 0 aliphatic rings. The number of hydrogen-bond donors (Lipinski definition) is 3. The van der Waals surface area contributed by atoms with Crippen molar-refractivity contribution < 1.29 is 23.9 Å². The molecule has 0 aromatic carbocycles. The minimum atomic E-state index is -1.51. The smallest absolute Gasteiger partial charge is 0.328 e. The molecule has 1 heterocycles. The normalized spacial score (nSPS) is 11.7. The number of halogens is 1. The Morgan fingerprint density at radius 2 is 2.15 bits per heavy atom. The molecule has 0 aliphatic heterocycles. The van der Waals surface area contributed by atoms with Crippen LogP contribution < -0.4 is 10.6 Å². The molecule has 2 amide bonds. The van der Waals surface area contributed by atoms with Crippen molar-refractivity contribution in [2.75, 3.05) is 13.2 Å². The second-order valence-corrected chi connectivity index (χ2v) is 4.76. The Morgan fingerprint density at radius 3 is 2.70 bits per heavy atom. The van der Waals surface area contributed by atoms with Crippen LogP contribution in [0.3, 0.4) is 0 Å². The number of carbonyl (C=O) groups is 3. The molecule has 1 atom stereocenters. The summed E-state index contributed by atoms with van der Waals surface area (Å²) in [5.41, 5.74) is 0.558. The Labute approximate surface area is 119 Å². The van der Waals surface area contributed by atoms with E-state index in [0.29, 0.717) is 12.0 Å². The maximum atomic E-state index is 12.3. The number of carbonyl (C=O) groups excluding carboxylic acids is 2. The van der Waals surface area contributed by atoms with Crippen molar-refractivity contribution >= 4 is 29.1 Å². The van der Waals surface area contributed by atoms with Gasteiger partial charge in [0.2, 0.25) is 5.91 Å². The maximum Gasteiger partial charge on any atom is 0.328 e. The molecule has 0 fully saturated rings. The SMILES string of the molecule is O=C(CCCNC(=O)c1ccsc1)NC(CF)C(=O)O. The minimum Gasteiger partial charge on any atom is -0.480 e. The Balaban J connectivity index is 2.19. The highest BCUT2D eigenvalue weighted by atomic mass is 32.1. The fourth-order valence-electron chi connectivity index (χ4n) is 1.38. The number of carboxylic acids is 1. The first kappa shape index (κ1) is 16.1. The molecule has 0 aliphatic carbocycles. The van der Waals surface area contributed by atoms with E-state index in [1.165, 1.54) is 11.3 Å². The van der Waals surface area contributed by atoms with Crippen LogP contribution in [0.2, 0.25) is 0 Å². The number of rotatable bonds is 8. The van der Waals surface area contributed by atoms with Gasteiger partial charge in [0.1, 0.15) is 6.67 Å². The van der Waals surface area contributed by atoms with Gasteiger partial charge in [0.25, 0.3) is 5.91 Å². The van der Waals surface area contributed by atoms with Gasteiger partial charge >= 0.3 is 5.97 Å². The zero-order valence-corrected chi connectivity index (χ0v) is 11.4. The number of amides is 2. The van der Waals surface area contributed by atoms with Crippen molar-refractivity contribution in [3.63, 3.8) is 0 Å². The van der Waals surface area contributed by atoms with Crippen molar-refractivity contribution in [2.45, 2.75) is 18.9 Å². The predicted molar refractivity (Wildman–Crippen MR) is 71.4 cm³/mol. The Morgan fingerprint density at radius 1 is 1.40 bits per heavy atom. The molecule has 0 saturated heterocycles. The lowest BCUT2D eigenvalue weighted by Gasteiger charge is -2.10. The van der Waals surface area contributed by atoms with Crippen molar-refractivity contribution in [3.05, 3.63) is 22.4 Å². The van der Waals surface area contributed by atoms with E-state index < -0.39 is 24.6 Å². The molecule has 20 heavy (non-hydrogen) atoms. The summed E-state index contributed by atoms with van der Waals surface area (Å²) in [6, 6.07) is 0.175. The summed E-state index contributed by atoms with van der Waals surface area (Å²) in [7, 11) is 0. The van der Waals surface area contributed by atoms with Gasteiger partial charge in [-0.3, -0.25) is 9.59 Å². The Kier molecular flexibility index (Phi) is 6.65. The van der Waals surface area contributed by atoms with Gasteiger partial charge in [-0.15, -0.1) is 0 Å². The van der Waals surface area contributed by atoms with Crippen LogP contribution in [-0.2, 0) is 9.59 Å². The molecular formula is C12H15FN2O4S. The molecule has 0 radical (unpaired) electrons. The molecule has 1 rings (SSSR count). The summed E-state index contributed by atoms with van der Waals surface area (Å²) >= 11 is 1.41. The van der Waals surface area contributed by atoms with Crippen LogP contribution in [0.1, 0.15) is 23.2 Å². The zero-order chi connectivity index (χ0) is 15.0. The lowest BCUT2D eigenvalue weighted by Crippen LogP contribution is -2.42. The quantitative estimate of drug-likeness (QED) is 0.619. The van der Waals surface area contributed by atoms with E-state index in [1.54, 1.807) is 16.8 Å². The topological polar surface area (TPSA) is 95.5 Å². The third-order valence-electron chi connectivity index (χ3n) is 2.44. The van der Waals surface area contributed by atoms with Crippen molar-refractivity contribution in [3.8, 4) is 0 Å². The highest BCUT2D eigenvalue weighted by molar-refractivity contribution is 7.08. The van der Waals surface area contributed by atoms with Crippen LogP contribution in [0.5, 0.6) is 0 Å². The van der Waals surface area contributed by atoms with Gasteiger partial charge in [-0.25, -0.2) is 9.18 Å². The van der Waals surface area contributed by atoms with Crippen molar-refractivity contribution in [2.24, 2.45) is 0 Å². The van der Waals surface area contributed by atoms with Gasteiger partial charge in [-0.2, -0.15) is 11.3 Å². The van der Waals surface area contributed by atoms with Crippen LogP contribution in [0, 0.1) is 0 Å². The van der Waals surface area contributed by atoms with E-state index in [0.717, 1.165) is 0 Å². The van der Waals surface area contributed by atoms with Crippen LogP contribution in [-0.4, -0.2) is 42.2 Å². The number of nitrogens with one attached hydrogen (secondary N) is 2. The summed E-state index contributed by atoms with van der Waals surface area (Å²) in [4.78, 5) is 33.4. The first-order valence-electron chi connectivity index (χ1n) is 5.93. The second kappa shape index (κ2) is 8.26. The molecular weight excluding hydrogens is 287 g/mol.